The van der Waals surface area contributed by atoms with Gasteiger partial charge in [0, 0.05) is 11.5 Å². The molecule has 2 aromatic rings. The Morgan fingerprint density at radius 1 is 1.39 bits per heavy atom. The first-order valence-electron chi connectivity index (χ1n) is 8.59. The van der Waals surface area contributed by atoms with Gasteiger partial charge in [-0.15, -0.1) is 0 Å². The van der Waals surface area contributed by atoms with Gasteiger partial charge in [-0.2, -0.15) is 5.26 Å². The molecule has 0 aliphatic carbocycles. The summed E-state index contributed by atoms with van der Waals surface area (Å²) in [5.41, 5.74) is -1.40. The van der Waals surface area contributed by atoms with Crippen molar-refractivity contribution < 1.29 is 24.2 Å². The zero-order valence-electron chi connectivity index (χ0n) is 15.7. The van der Waals surface area contributed by atoms with Crippen LogP contribution in [0.25, 0.3) is 10.9 Å². The average Bonchev–Trinajstić information content (AvgIpc) is 2.62. The van der Waals surface area contributed by atoms with E-state index in [1.165, 1.54) is 16.7 Å². The first kappa shape index (κ1) is 19.2. The Hall–Kier alpha value is -3.54. The Balaban J connectivity index is 2.03. The first-order valence-corrected chi connectivity index (χ1v) is 8.59. The molecule has 2 heterocycles. The molecule has 1 aliphatic heterocycles. The fraction of sp³-hybridized carbons (Fsp3) is 0.368. The summed E-state index contributed by atoms with van der Waals surface area (Å²) in [7, 11) is 0. The van der Waals surface area contributed by atoms with E-state index < -0.39 is 40.9 Å². The van der Waals surface area contributed by atoms with Gasteiger partial charge in [0.15, 0.2) is 0 Å². The number of aromatic nitrogens is 1. The number of carbonyl (C=O) groups is 2. The molecule has 2 N–H and O–H groups in total. The standard InChI is InChI=1S/C19H19N3O6/c1-19(2,3)28-13(23)9-21-17(25)14-16(24)11-6-10(8-20)7-12-15(11)22(18(14)26)4-5-27-12/h6-7,24H,4-5,9H2,1-3H3,(H,21,25). The van der Waals surface area contributed by atoms with E-state index in [1.54, 1.807) is 20.8 Å². The number of nitriles is 1. The maximum Gasteiger partial charge on any atom is 0.325 e. The van der Waals surface area contributed by atoms with Gasteiger partial charge in [0.25, 0.3) is 11.5 Å². The molecule has 28 heavy (non-hydrogen) atoms. The van der Waals surface area contributed by atoms with Crippen molar-refractivity contribution in [2.24, 2.45) is 0 Å². The molecule has 9 nitrogen and oxygen atoms in total. The van der Waals surface area contributed by atoms with Gasteiger partial charge in [-0.05, 0) is 26.8 Å². The van der Waals surface area contributed by atoms with Gasteiger partial charge in [0.1, 0.15) is 35.8 Å². The molecule has 1 amide bonds. The molecule has 0 bridgehead atoms. The predicted molar refractivity (Wildman–Crippen MR) is 98.3 cm³/mol. The first-order chi connectivity index (χ1) is 13.1. The SMILES string of the molecule is CC(C)(C)OC(=O)CNC(=O)c1c(O)c2cc(C#N)cc3c2n(c1=O)CCO3. The van der Waals surface area contributed by atoms with Crippen molar-refractivity contribution in [3.63, 3.8) is 0 Å². The Morgan fingerprint density at radius 2 is 2.11 bits per heavy atom. The fourth-order valence-corrected chi connectivity index (χ4v) is 3.00. The van der Waals surface area contributed by atoms with Crippen molar-refractivity contribution in [1.29, 1.82) is 5.26 Å². The van der Waals surface area contributed by atoms with E-state index in [4.69, 9.17) is 9.47 Å². The lowest BCUT2D eigenvalue weighted by atomic mass is 10.0. The highest BCUT2D eigenvalue weighted by Crippen LogP contribution is 2.35. The van der Waals surface area contributed by atoms with Gasteiger partial charge in [0.2, 0.25) is 0 Å². The highest BCUT2D eigenvalue weighted by molar-refractivity contribution is 6.04. The molecule has 146 valence electrons. The third kappa shape index (κ3) is 3.49. The van der Waals surface area contributed by atoms with Crippen LogP contribution < -0.4 is 15.6 Å². The molecule has 0 atom stereocenters. The molecular weight excluding hydrogens is 366 g/mol. The summed E-state index contributed by atoms with van der Waals surface area (Å²) in [5.74, 6) is -1.87. The monoisotopic (exact) mass is 385 g/mol. The molecule has 0 saturated heterocycles. The van der Waals surface area contributed by atoms with Crippen molar-refractivity contribution in [2.75, 3.05) is 13.2 Å². The number of rotatable bonds is 3. The second-order valence-electron chi connectivity index (χ2n) is 7.28. The number of esters is 1. The molecule has 1 aromatic heterocycles. The summed E-state index contributed by atoms with van der Waals surface area (Å²) in [6, 6.07) is 4.80. The maximum absolute atomic E-state index is 12.8. The molecular formula is C19H19N3O6. The molecule has 0 unspecified atom stereocenters. The van der Waals surface area contributed by atoms with E-state index in [2.05, 4.69) is 5.32 Å². The molecule has 0 saturated carbocycles. The lowest BCUT2D eigenvalue weighted by Crippen LogP contribution is -2.39. The topological polar surface area (TPSA) is 131 Å². The molecule has 0 radical (unpaired) electrons. The molecule has 1 aromatic carbocycles. The molecule has 3 rings (SSSR count). The Kier molecular flexibility index (Phi) is 4.73. The number of hydrogen-bond acceptors (Lipinski definition) is 7. The van der Waals surface area contributed by atoms with Crippen LogP contribution in [0.3, 0.4) is 0 Å². The molecule has 1 aliphatic rings. The number of nitrogens with one attached hydrogen (secondary N) is 1. The summed E-state index contributed by atoms with van der Waals surface area (Å²) in [5, 5.41) is 22.2. The van der Waals surface area contributed by atoms with Crippen LogP contribution in [-0.4, -0.2) is 40.3 Å². The van der Waals surface area contributed by atoms with Crippen molar-refractivity contribution in [3.05, 3.63) is 33.6 Å². The van der Waals surface area contributed by atoms with Crippen molar-refractivity contribution in [3.8, 4) is 17.6 Å². The van der Waals surface area contributed by atoms with Crippen LogP contribution in [0, 0.1) is 11.3 Å². The number of hydrogen-bond donors (Lipinski definition) is 2. The van der Waals surface area contributed by atoms with E-state index in [0.717, 1.165) is 0 Å². The maximum atomic E-state index is 12.8. The lowest BCUT2D eigenvalue weighted by Gasteiger charge is -2.22. The second-order valence-corrected chi connectivity index (χ2v) is 7.28. The van der Waals surface area contributed by atoms with Gasteiger partial charge in [-0.25, -0.2) is 0 Å². The van der Waals surface area contributed by atoms with Crippen LogP contribution in [0.15, 0.2) is 16.9 Å². The van der Waals surface area contributed by atoms with Crippen molar-refractivity contribution in [2.45, 2.75) is 32.9 Å². The van der Waals surface area contributed by atoms with E-state index in [-0.39, 0.29) is 29.9 Å². The largest absolute Gasteiger partial charge is 0.506 e. The van der Waals surface area contributed by atoms with Gasteiger partial charge in [-0.1, -0.05) is 0 Å². The number of benzene rings is 1. The highest BCUT2D eigenvalue weighted by Gasteiger charge is 2.27. The number of amides is 1. The Bertz CT molecular complexity index is 1090. The second kappa shape index (κ2) is 6.88. The van der Waals surface area contributed by atoms with Crippen molar-refractivity contribution >= 4 is 22.8 Å². The molecule has 0 spiro atoms. The predicted octanol–water partition coefficient (Wildman–Crippen LogP) is 1.04. The minimum absolute atomic E-state index is 0.149. The third-order valence-electron chi connectivity index (χ3n) is 4.04. The van der Waals surface area contributed by atoms with Crippen molar-refractivity contribution in [1.82, 2.24) is 9.88 Å². The molecule has 0 fully saturated rings. The number of ether oxygens (including phenoxy) is 2. The summed E-state index contributed by atoms with van der Waals surface area (Å²) in [4.78, 5) is 37.1. The van der Waals surface area contributed by atoms with E-state index in [9.17, 15) is 24.8 Å². The Labute approximate surface area is 160 Å². The number of nitrogens with zero attached hydrogens (tertiary/aromatic N) is 2. The smallest absolute Gasteiger partial charge is 0.325 e. The van der Waals surface area contributed by atoms with E-state index in [1.807, 2.05) is 6.07 Å². The minimum Gasteiger partial charge on any atom is -0.506 e. The number of carbonyl (C=O) groups excluding carboxylic acids is 2. The Morgan fingerprint density at radius 3 is 2.75 bits per heavy atom. The van der Waals surface area contributed by atoms with Gasteiger partial charge in [0.05, 0.1) is 23.7 Å². The van der Waals surface area contributed by atoms with Gasteiger partial charge in [-0.3, -0.25) is 14.4 Å². The minimum atomic E-state index is -0.908. The lowest BCUT2D eigenvalue weighted by molar-refractivity contribution is -0.153. The summed E-state index contributed by atoms with van der Waals surface area (Å²) in [6.45, 7) is 4.96. The number of pyridine rings is 1. The quantitative estimate of drug-likeness (QED) is 0.755. The average molecular weight is 385 g/mol. The summed E-state index contributed by atoms with van der Waals surface area (Å²) < 4.78 is 11.9. The normalized spacial score (nSPS) is 12.8. The summed E-state index contributed by atoms with van der Waals surface area (Å²) in [6.07, 6.45) is 0. The van der Waals surface area contributed by atoms with Crippen LogP contribution in [0.4, 0.5) is 0 Å². The fourth-order valence-electron chi connectivity index (χ4n) is 3.00. The third-order valence-corrected chi connectivity index (χ3v) is 4.04. The van der Waals surface area contributed by atoms with Crippen LogP contribution in [0.5, 0.6) is 11.5 Å². The van der Waals surface area contributed by atoms with Gasteiger partial charge >= 0.3 is 5.97 Å². The van der Waals surface area contributed by atoms with Crippen LogP contribution in [-0.2, 0) is 16.1 Å². The van der Waals surface area contributed by atoms with Crippen LogP contribution >= 0.6 is 0 Å². The van der Waals surface area contributed by atoms with E-state index >= 15 is 0 Å². The van der Waals surface area contributed by atoms with Crippen LogP contribution in [0.1, 0.15) is 36.7 Å². The van der Waals surface area contributed by atoms with E-state index in [0.29, 0.717) is 5.52 Å². The zero-order chi connectivity index (χ0) is 20.6. The highest BCUT2D eigenvalue weighted by atomic mass is 16.6. The van der Waals surface area contributed by atoms with Gasteiger partial charge < -0.3 is 24.5 Å². The zero-order valence-corrected chi connectivity index (χ0v) is 15.7. The number of aromatic hydroxyl groups is 1. The van der Waals surface area contributed by atoms with Crippen LogP contribution in [0.2, 0.25) is 0 Å². The molecule has 9 heteroatoms. The summed E-state index contributed by atoms with van der Waals surface area (Å²) >= 11 is 0.